The summed E-state index contributed by atoms with van der Waals surface area (Å²) in [5.74, 6) is 1.72. The average Bonchev–Trinajstić information content (AvgIpc) is 2.84. The normalized spacial score (nSPS) is 12.4. The van der Waals surface area contributed by atoms with Gasteiger partial charge in [0.05, 0.1) is 14.2 Å². The van der Waals surface area contributed by atoms with Crippen LogP contribution in [-0.4, -0.2) is 42.7 Å². The first-order valence-electron chi connectivity index (χ1n) is 10.9. The molecular formula is C25H27N5O4. The number of aromatic nitrogens is 1. The number of methoxy groups -OCH3 is 2. The van der Waals surface area contributed by atoms with Crippen LogP contribution in [0.5, 0.6) is 11.5 Å². The Balaban J connectivity index is 1.38. The molecule has 3 aromatic rings. The van der Waals surface area contributed by atoms with E-state index in [2.05, 4.69) is 20.9 Å². The van der Waals surface area contributed by atoms with Crippen molar-refractivity contribution in [2.75, 3.05) is 36.7 Å². The van der Waals surface area contributed by atoms with E-state index in [1.54, 1.807) is 43.5 Å². The van der Waals surface area contributed by atoms with Crippen molar-refractivity contribution in [2.24, 2.45) is 0 Å². The summed E-state index contributed by atoms with van der Waals surface area (Å²) in [6.45, 7) is 2.97. The number of nitrogens with zero attached hydrogens (tertiary/aromatic N) is 2. The van der Waals surface area contributed by atoms with E-state index in [0.29, 0.717) is 48.2 Å². The third-order valence-corrected chi connectivity index (χ3v) is 5.61. The Morgan fingerprint density at radius 1 is 0.912 bits per heavy atom. The summed E-state index contributed by atoms with van der Waals surface area (Å²) in [5, 5.41) is 8.53. The first kappa shape index (κ1) is 22.9. The Morgan fingerprint density at radius 2 is 1.65 bits per heavy atom. The lowest BCUT2D eigenvalue weighted by molar-refractivity contribution is 0.206. The van der Waals surface area contributed by atoms with Crippen molar-refractivity contribution in [3.63, 3.8) is 0 Å². The van der Waals surface area contributed by atoms with Gasteiger partial charge in [-0.25, -0.2) is 14.6 Å². The number of fused-ring (bicyclic) bond motifs is 1. The van der Waals surface area contributed by atoms with Crippen LogP contribution in [0.2, 0.25) is 0 Å². The predicted molar refractivity (Wildman–Crippen MR) is 131 cm³/mol. The first-order valence-corrected chi connectivity index (χ1v) is 10.9. The second-order valence-electron chi connectivity index (χ2n) is 7.93. The van der Waals surface area contributed by atoms with E-state index < -0.39 is 0 Å². The number of carbonyl (C=O) groups is 2. The molecule has 1 aromatic heterocycles. The molecule has 0 saturated carbocycles. The molecule has 0 aliphatic carbocycles. The molecular weight excluding hydrogens is 434 g/mol. The first-order chi connectivity index (χ1) is 16.4. The largest absolute Gasteiger partial charge is 0.497 e. The van der Waals surface area contributed by atoms with Crippen LogP contribution in [0.4, 0.5) is 26.8 Å². The van der Waals surface area contributed by atoms with Gasteiger partial charge in [0, 0.05) is 48.9 Å². The average molecular weight is 462 g/mol. The van der Waals surface area contributed by atoms with Gasteiger partial charge < -0.3 is 25.0 Å². The van der Waals surface area contributed by atoms with Crippen molar-refractivity contribution >= 4 is 29.3 Å². The van der Waals surface area contributed by atoms with Gasteiger partial charge in [-0.3, -0.25) is 5.32 Å². The fraction of sp³-hybridized carbons (Fsp3) is 0.240. The molecule has 176 valence electrons. The number of hydrogen-bond acceptors (Lipinski definition) is 5. The van der Waals surface area contributed by atoms with Gasteiger partial charge in [-0.2, -0.15) is 0 Å². The van der Waals surface area contributed by atoms with E-state index in [1.807, 2.05) is 37.3 Å². The van der Waals surface area contributed by atoms with Crippen LogP contribution in [0, 0.1) is 6.92 Å². The molecule has 1 aliphatic rings. The number of rotatable bonds is 5. The molecule has 0 bridgehead atoms. The van der Waals surface area contributed by atoms with Crippen LogP contribution >= 0.6 is 0 Å². The number of aryl methyl sites for hydroxylation is 1. The molecule has 9 heteroatoms. The number of hydrogen-bond donors (Lipinski definition) is 3. The Kier molecular flexibility index (Phi) is 6.82. The summed E-state index contributed by atoms with van der Waals surface area (Å²) < 4.78 is 10.5. The maximum absolute atomic E-state index is 12.7. The highest BCUT2D eigenvalue weighted by atomic mass is 16.5. The molecule has 0 radical (unpaired) electrons. The Morgan fingerprint density at radius 3 is 2.35 bits per heavy atom. The van der Waals surface area contributed by atoms with Crippen molar-refractivity contribution in [3.05, 3.63) is 71.4 Å². The zero-order valence-electron chi connectivity index (χ0n) is 19.3. The summed E-state index contributed by atoms with van der Waals surface area (Å²) in [6, 6.07) is 14.0. The zero-order chi connectivity index (χ0) is 24.1. The number of benzene rings is 2. The van der Waals surface area contributed by atoms with Gasteiger partial charge in [0.25, 0.3) is 0 Å². The summed E-state index contributed by atoms with van der Waals surface area (Å²) >= 11 is 0. The van der Waals surface area contributed by atoms with Crippen LogP contribution in [0.3, 0.4) is 0 Å². The molecule has 4 amide bonds. The molecule has 3 N–H and O–H groups in total. The van der Waals surface area contributed by atoms with Gasteiger partial charge >= 0.3 is 12.1 Å². The molecule has 0 fully saturated rings. The number of anilines is 3. The predicted octanol–water partition coefficient (Wildman–Crippen LogP) is 4.64. The number of amides is 4. The second-order valence-corrected chi connectivity index (χ2v) is 7.93. The highest BCUT2D eigenvalue weighted by Crippen LogP contribution is 2.27. The molecule has 1 aliphatic heterocycles. The minimum absolute atomic E-state index is 0.178. The third kappa shape index (κ3) is 5.37. The van der Waals surface area contributed by atoms with Crippen LogP contribution in [0.1, 0.15) is 16.7 Å². The van der Waals surface area contributed by atoms with Gasteiger partial charge in [0.1, 0.15) is 17.3 Å². The van der Waals surface area contributed by atoms with Crippen LogP contribution in [0.15, 0.2) is 54.7 Å². The van der Waals surface area contributed by atoms with Crippen LogP contribution in [-0.2, 0) is 13.0 Å². The van der Waals surface area contributed by atoms with E-state index in [1.165, 1.54) is 0 Å². The maximum Gasteiger partial charge on any atom is 0.323 e. The molecule has 9 nitrogen and oxygen atoms in total. The van der Waals surface area contributed by atoms with Gasteiger partial charge in [-0.1, -0.05) is 12.1 Å². The molecule has 2 heterocycles. The van der Waals surface area contributed by atoms with Gasteiger partial charge in [-0.05, 0) is 48.2 Å². The second kappa shape index (κ2) is 10.1. The summed E-state index contributed by atoms with van der Waals surface area (Å²) in [4.78, 5) is 31.2. The van der Waals surface area contributed by atoms with Crippen molar-refractivity contribution in [1.82, 2.24) is 9.88 Å². The van der Waals surface area contributed by atoms with E-state index in [4.69, 9.17) is 9.47 Å². The number of ether oxygens (including phenoxy) is 2. The van der Waals surface area contributed by atoms with E-state index in [-0.39, 0.29) is 12.1 Å². The van der Waals surface area contributed by atoms with Gasteiger partial charge in [0.2, 0.25) is 0 Å². The zero-order valence-corrected chi connectivity index (χ0v) is 19.3. The lowest BCUT2D eigenvalue weighted by atomic mass is 9.99. The third-order valence-electron chi connectivity index (χ3n) is 5.61. The minimum atomic E-state index is -0.377. The smallest absolute Gasteiger partial charge is 0.323 e. The van der Waals surface area contributed by atoms with Crippen LogP contribution in [0.25, 0.3) is 0 Å². The van der Waals surface area contributed by atoms with Crippen molar-refractivity contribution in [1.29, 1.82) is 0 Å². The minimum Gasteiger partial charge on any atom is -0.497 e. The molecule has 0 unspecified atom stereocenters. The maximum atomic E-state index is 12.7. The SMILES string of the molecule is COc1cc(NC(=O)Nc2ccc3c(c2)CCN(C(=O)Nc2ncccc2C)C3)cc(OC)c1. The molecule has 0 atom stereocenters. The summed E-state index contributed by atoms with van der Waals surface area (Å²) in [6.07, 6.45) is 2.34. The van der Waals surface area contributed by atoms with E-state index in [0.717, 1.165) is 16.7 Å². The highest BCUT2D eigenvalue weighted by Gasteiger charge is 2.22. The summed E-state index contributed by atoms with van der Waals surface area (Å²) in [7, 11) is 3.10. The lowest BCUT2D eigenvalue weighted by Crippen LogP contribution is -2.39. The molecule has 0 saturated heterocycles. The van der Waals surface area contributed by atoms with E-state index in [9.17, 15) is 9.59 Å². The number of pyridine rings is 1. The Bertz CT molecular complexity index is 1190. The summed E-state index contributed by atoms with van der Waals surface area (Å²) in [5.41, 5.74) is 4.28. The molecule has 34 heavy (non-hydrogen) atoms. The fourth-order valence-corrected chi connectivity index (χ4v) is 3.77. The number of urea groups is 2. The van der Waals surface area contributed by atoms with Crippen molar-refractivity contribution < 1.29 is 19.1 Å². The molecule has 4 rings (SSSR count). The quantitative estimate of drug-likeness (QED) is 0.513. The van der Waals surface area contributed by atoms with E-state index >= 15 is 0 Å². The van der Waals surface area contributed by atoms with Crippen LogP contribution < -0.4 is 25.4 Å². The fourth-order valence-electron chi connectivity index (χ4n) is 3.77. The van der Waals surface area contributed by atoms with Crippen molar-refractivity contribution in [2.45, 2.75) is 19.9 Å². The Labute approximate surface area is 198 Å². The van der Waals surface area contributed by atoms with Gasteiger partial charge in [-0.15, -0.1) is 0 Å². The molecule has 2 aromatic carbocycles. The standard InChI is InChI=1S/C25H27N5O4/c1-16-5-4-9-26-23(16)29-25(32)30-10-8-17-11-19(7-6-18(17)15-30)27-24(31)28-20-12-21(33-2)14-22(13-20)34-3/h4-7,9,11-14H,8,10,15H2,1-3H3,(H,26,29,32)(H2,27,28,31). The number of nitrogens with one attached hydrogen (secondary N) is 3. The number of carbonyl (C=O) groups excluding carboxylic acids is 2. The van der Waals surface area contributed by atoms with Crippen molar-refractivity contribution in [3.8, 4) is 11.5 Å². The van der Waals surface area contributed by atoms with Gasteiger partial charge in [0.15, 0.2) is 0 Å². The monoisotopic (exact) mass is 461 g/mol. The molecule has 0 spiro atoms. The highest BCUT2D eigenvalue weighted by molar-refractivity contribution is 6.00. The lowest BCUT2D eigenvalue weighted by Gasteiger charge is -2.29. The Hall–Kier alpha value is -4.27. The topological polar surface area (TPSA) is 105 Å².